The third-order valence-electron chi connectivity index (χ3n) is 4.03. The van der Waals surface area contributed by atoms with Crippen LogP contribution in [0.25, 0.3) is 0 Å². The maximum absolute atomic E-state index is 5.53. The summed E-state index contributed by atoms with van der Waals surface area (Å²) >= 11 is 0. The Morgan fingerprint density at radius 3 is 2.42 bits per heavy atom. The van der Waals surface area contributed by atoms with Crippen LogP contribution >= 0.6 is 0 Å². The molecular weight excluding hydrogens is 146 g/mol. The van der Waals surface area contributed by atoms with Gasteiger partial charge in [-0.2, -0.15) is 0 Å². The van der Waals surface area contributed by atoms with E-state index in [-0.39, 0.29) is 0 Å². The van der Waals surface area contributed by atoms with Crippen molar-refractivity contribution in [2.45, 2.75) is 46.5 Å². The molecule has 0 aromatic rings. The summed E-state index contributed by atoms with van der Waals surface area (Å²) in [6.07, 6.45) is 5.39. The Labute approximate surface area is 76.7 Å². The predicted octanol–water partition coefficient (Wildman–Crippen LogP) is 2.80. The van der Waals surface area contributed by atoms with Gasteiger partial charge in [0.15, 0.2) is 0 Å². The second-order valence-corrected chi connectivity index (χ2v) is 4.93. The molecule has 72 valence electrons. The summed E-state index contributed by atoms with van der Waals surface area (Å²) in [4.78, 5) is 0. The Morgan fingerprint density at radius 2 is 2.00 bits per heavy atom. The standard InChI is InChI=1S/C11H23N/c1-9-6-7-10(5-4-8-12)11(9,2)3/h9-10H,4-8,12H2,1-3H3. The van der Waals surface area contributed by atoms with Crippen molar-refractivity contribution < 1.29 is 0 Å². The lowest BCUT2D eigenvalue weighted by atomic mass is 9.74. The quantitative estimate of drug-likeness (QED) is 0.690. The van der Waals surface area contributed by atoms with Crippen LogP contribution in [-0.4, -0.2) is 6.54 Å². The molecule has 2 unspecified atom stereocenters. The van der Waals surface area contributed by atoms with E-state index in [0.29, 0.717) is 5.41 Å². The molecule has 1 aliphatic rings. The van der Waals surface area contributed by atoms with Gasteiger partial charge in [0.1, 0.15) is 0 Å². The van der Waals surface area contributed by atoms with Crippen LogP contribution in [0.5, 0.6) is 0 Å². The fourth-order valence-corrected chi connectivity index (χ4v) is 2.48. The van der Waals surface area contributed by atoms with Crippen molar-refractivity contribution in [2.24, 2.45) is 23.0 Å². The molecule has 2 N–H and O–H groups in total. The van der Waals surface area contributed by atoms with Gasteiger partial charge in [0, 0.05) is 0 Å². The summed E-state index contributed by atoms with van der Waals surface area (Å²) in [5.74, 6) is 1.83. The molecule has 0 heterocycles. The molecule has 1 nitrogen and oxygen atoms in total. The molecule has 1 saturated carbocycles. The van der Waals surface area contributed by atoms with Crippen LogP contribution in [0.1, 0.15) is 46.5 Å². The highest BCUT2D eigenvalue weighted by Crippen LogP contribution is 2.48. The second-order valence-electron chi connectivity index (χ2n) is 4.93. The van der Waals surface area contributed by atoms with Crippen LogP contribution < -0.4 is 5.73 Å². The van der Waals surface area contributed by atoms with Crippen LogP contribution in [0.15, 0.2) is 0 Å². The Kier molecular flexibility index (Phi) is 3.16. The van der Waals surface area contributed by atoms with Gasteiger partial charge in [-0.15, -0.1) is 0 Å². The largest absolute Gasteiger partial charge is 0.330 e. The van der Waals surface area contributed by atoms with Crippen LogP contribution in [0.4, 0.5) is 0 Å². The lowest BCUT2D eigenvalue weighted by molar-refractivity contribution is 0.187. The maximum Gasteiger partial charge on any atom is -0.00772 e. The van der Waals surface area contributed by atoms with E-state index >= 15 is 0 Å². The molecule has 0 bridgehead atoms. The Morgan fingerprint density at radius 1 is 1.33 bits per heavy atom. The van der Waals surface area contributed by atoms with Crippen molar-refractivity contribution in [1.82, 2.24) is 0 Å². The lowest BCUT2D eigenvalue weighted by Crippen LogP contribution is -2.23. The van der Waals surface area contributed by atoms with Gasteiger partial charge < -0.3 is 5.73 Å². The molecule has 0 radical (unpaired) electrons. The number of rotatable bonds is 3. The first-order valence-corrected chi connectivity index (χ1v) is 5.29. The third kappa shape index (κ3) is 1.82. The maximum atomic E-state index is 5.53. The highest BCUT2D eigenvalue weighted by Gasteiger charge is 2.39. The summed E-state index contributed by atoms with van der Waals surface area (Å²) < 4.78 is 0. The van der Waals surface area contributed by atoms with Crippen LogP contribution in [0.3, 0.4) is 0 Å². The van der Waals surface area contributed by atoms with Crippen molar-refractivity contribution in [1.29, 1.82) is 0 Å². The van der Waals surface area contributed by atoms with Crippen molar-refractivity contribution in [3.63, 3.8) is 0 Å². The summed E-state index contributed by atoms with van der Waals surface area (Å²) in [7, 11) is 0. The molecule has 0 amide bonds. The van der Waals surface area contributed by atoms with Gasteiger partial charge in [0.2, 0.25) is 0 Å². The first kappa shape index (κ1) is 10.0. The van der Waals surface area contributed by atoms with Gasteiger partial charge in [-0.05, 0) is 49.5 Å². The minimum atomic E-state index is 0.565. The Balaban J connectivity index is 2.44. The molecule has 1 heteroatoms. The van der Waals surface area contributed by atoms with Crippen molar-refractivity contribution in [3.05, 3.63) is 0 Å². The lowest BCUT2D eigenvalue weighted by Gasteiger charge is -2.31. The first-order chi connectivity index (χ1) is 5.59. The normalized spacial score (nSPS) is 34.0. The van der Waals surface area contributed by atoms with Gasteiger partial charge in [-0.25, -0.2) is 0 Å². The molecule has 0 aliphatic heterocycles. The van der Waals surface area contributed by atoms with E-state index in [4.69, 9.17) is 5.73 Å². The zero-order chi connectivity index (χ0) is 9.19. The Hall–Kier alpha value is -0.0400. The van der Waals surface area contributed by atoms with Crippen molar-refractivity contribution in [2.75, 3.05) is 6.54 Å². The van der Waals surface area contributed by atoms with E-state index in [1.165, 1.54) is 25.7 Å². The molecule has 1 fully saturated rings. The van der Waals surface area contributed by atoms with E-state index < -0.39 is 0 Å². The van der Waals surface area contributed by atoms with E-state index in [9.17, 15) is 0 Å². The fraction of sp³-hybridized carbons (Fsp3) is 1.00. The Bertz CT molecular complexity index is 140. The second kappa shape index (κ2) is 3.78. The molecule has 0 saturated heterocycles. The molecular formula is C11H23N. The van der Waals surface area contributed by atoms with Crippen LogP contribution in [0.2, 0.25) is 0 Å². The summed E-state index contributed by atoms with van der Waals surface area (Å²) in [5.41, 5.74) is 6.09. The average Bonchev–Trinajstić information content (AvgIpc) is 2.25. The molecule has 0 aromatic heterocycles. The molecule has 1 rings (SSSR count). The van der Waals surface area contributed by atoms with Crippen molar-refractivity contribution in [3.8, 4) is 0 Å². The van der Waals surface area contributed by atoms with E-state index in [0.717, 1.165) is 18.4 Å². The third-order valence-corrected chi connectivity index (χ3v) is 4.03. The minimum Gasteiger partial charge on any atom is -0.330 e. The van der Waals surface area contributed by atoms with E-state index in [1.807, 2.05) is 0 Å². The fourth-order valence-electron chi connectivity index (χ4n) is 2.48. The van der Waals surface area contributed by atoms with Gasteiger partial charge >= 0.3 is 0 Å². The average molecular weight is 169 g/mol. The van der Waals surface area contributed by atoms with E-state index in [2.05, 4.69) is 20.8 Å². The summed E-state index contributed by atoms with van der Waals surface area (Å²) in [6.45, 7) is 8.10. The number of hydrogen-bond donors (Lipinski definition) is 1. The summed E-state index contributed by atoms with van der Waals surface area (Å²) in [6, 6.07) is 0. The molecule has 0 aromatic carbocycles. The molecule has 1 aliphatic carbocycles. The zero-order valence-electron chi connectivity index (χ0n) is 8.77. The highest BCUT2D eigenvalue weighted by molar-refractivity contribution is 4.89. The van der Waals surface area contributed by atoms with Gasteiger partial charge in [0.05, 0.1) is 0 Å². The zero-order valence-corrected chi connectivity index (χ0v) is 8.77. The van der Waals surface area contributed by atoms with Crippen molar-refractivity contribution >= 4 is 0 Å². The molecule has 12 heavy (non-hydrogen) atoms. The van der Waals surface area contributed by atoms with Gasteiger partial charge in [-0.1, -0.05) is 20.8 Å². The number of hydrogen-bond acceptors (Lipinski definition) is 1. The van der Waals surface area contributed by atoms with E-state index in [1.54, 1.807) is 0 Å². The number of nitrogens with two attached hydrogens (primary N) is 1. The molecule has 0 spiro atoms. The SMILES string of the molecule is CC1CCC(CCCN)C1(C)C. The smallest absolute Gasteiger partial charge is 0.00772 e. The highest BCUT2D eigenvalue weighted by atomic mass is 14.5. The predicted molar refractivity (Wildman–Crippen MR) is 54.0 cm³/mol. The monoisotopic (exact) mass is 169 g/mol. The van der Waals surface area contributed by atoms with Gasteiger partial charge in [0.25, 0.3) is 0 Å². The summed E-state index contributed by atoms with van der Waals surface area (Å²) in [5, 5.41) is 0. The first-order valence-electron chi connectivity index (χ1n) is 5.29. The van der Waals surface area contributed by atoms with Gasteiger partial charge in [-0.3, -0.25) is 0 Å². The van der Waals surface area contributed by atoms with Crippen LogP contribution in [0, 0.1) is 17.3 Å². The molecule has 2 atom stereocenters. The topological polar surface area (TPSA) is 26.0 Å². The van der Waals surface area contributed by atoms with Crippen LogP contribution in [-0.2, 0) is 0 Å². The minimum absolute atomic E-state index is 0.565.